The normalized spacial score (nSPS) is 18.2. The van der Waals surface area contributed by atoms with Crippen molar-refractivity contribution < 1.29 is 44.1 Å². The van der Waals surface area contributed by atoms with Crippen LogP contribution in [0.15, 0.2) is 56.6 Å². The third kappa shape index (κ3) is 4.12. The number of hydrogen-bond donors (Lipinski definition) is 4. The monoisotopic (exact) mass is 718 g/mol. The number of ether oxygens (including phenoxy) is 1. The number of Topliss-reactive ketones (excluding diaryl/α,β-unsaturated/α-hetero) is 3. The number of allylic oxidation sites excluding steroid dienone is 2. The second-order valence-electron chi connectivity index (χ2n) is 11.2. The van der Waals surface area contributed by atoms with Gasteiger partial charge in [0.2, 0.25) is 5.78 Å². The smallest absolute Gasteiger partial charge is 0.260 e. The standard InChI is InChI=1S/C33H20BrClN2O10/c1-46-18-9-17(38)20-21(26(18)39)28(41)23-22(27(20)40)30(43)33(31(23)44)7-6-15-24(33)29(42)19-16(25(15)34)8-14(37-32(19)45)10-36-47-11-12-2-4-13(35)5-3-12/h2-5,8-10,40-42H,6-7,11H2,1H3,(H,37,45)/b36-10+/t33-/m0/s1. The largest absolute Gasteiger partial charge is 0.507 e. The Morgan fingerprint density at radius 3 is 2.30 bits per heavy atom. The van der Waals surface area contributed by atoms with Crippen LogP contribution < -0.4 is 5.56 Å². The summed E-state index contributed by atoms with van der Waals surface area (Å²) in [6.07, 6.45) is 1.95. The summed E-state index contributed by atoms with van der Waals surface area (Å²) < 4.78 is 5.25. The predicted molar refractivity (Wildman–Crippen MR) is 170 cm³/mol. The van der Waals surface area contributed by atoms with E-state index in [2.05, 4.69) is 26.1 Å². The van der Waals surface area contributed by atoms with Gasteiger partial charge >= 0.3 is 0 Å². The van der Waals surface area contributed by atoms with Crippen molar-refractivity contribution in [2.24, 2.45) is 5.16 Å². The Morgan fingerprint density at radius 2 is 1.64 bits per heavy atom. The lowest BCUT2D eigenvalue weighted by molar-refractivity contribution is 0.0790. The zero-order valence-corrected chi connectivity index (χ0v) is 26.4. The van der Waals surface area contributed by atoms with Gasteiger partial charge in [-0.3, -0.25) is 24.0 Å². The third-order valence-electron chi connectivity index (χ3n) is 8.77. The van der Waals surface area contributed by atoms with Crippen molar-refractivity contribution in [1.82, 2.24) is 4.98 Å². The van der Waals surface area contributed by atoms with E-state index in [1.165, 1.54) is 12.3 Å². The molecule has 7 rings (SSSR count). The Bertz CT molecular complexity index is 2290. The van der Waals surface area contributed by atoms with E-state index in [-0.39, 0.29) is 41.5 Å². The number of nitrogens with zero attached hydrogens (tertiary/aromatic N) is 1. The molecule has 0 unspecified atom stereocenters. The number of benzene rings is 3. The van der Waals surface area contributed by atoms with Crippen LogP contribution in [0.1, 0.15) is 70.2 Å². The lowest BCUT2D eigenvalue weighted by Crippen LogP contribution is -2.36. The number of H-pyrrole nitrogens is 1. The van der Waals surface area contributed by atoms with Crippen LogP contribution >= 0.6 is 27.5 Å². The average molecular weight is 720 g/mol. The van der Waals surface area contributed by atoms with Gasteiger partial charge in [0, 0.05) is 26.5 Å². The van der Waals surface area contributed by atoms with Crippen LogP contribution in [0, 0.1) is 0 Å². The molecule has 14 heteroatoms. The molecule has 0 aliphatic heterocycles. The number of carbonyl (C=O) groups is 4. The summed E-state index contributed by atoms with van der Waals surface area (Å²) in [5.41, 5.74) is -4.35. The molecule has 0 radical (unpaired) electrons. The van der Waals surface area contributed by atoms with Gasteiger partial charge in [-0.2, -0.15) is 0 Å². The van der Waals surface area contributed by atoms with Gasteiger partial charge in [0.15, 0.2) is 23.1 Å². The van der Waals surface area contributed by atoms with E-state index in [1.54, 1.807) is 24.3 Å². The molecular formula is C33H20BrClN2O10. The minimum atomic E-state index is -2.16. The van der Waals surface area contributed by atoms with E-state index in [1.807, 2.05) is 0 Å². The van der Waals surface area contributed by atoms with E-state index in [0.717, 1.165) is 18.7 Å². The van der Waals surface area contributed by atoms with Gasteiger partial charge in [0.05, 0.1) is 46.7 Å². The summed E-state index contributed by atoms with van der Waals surface area (Å²) in [7, 11) is 1.13. The second-order valence-corrected chi connectivity index (χ2v) is 12.4. The minimum absolute atomic E-state index is 0.0692. The molecule has 3 aliphatic rings. The van der Waals surface area contributed by atoms with E-state index in [9.17, 15) is 39.3 Å². The molecule has 1 spiro atoms. The second kappa shape index (κ2) is 10.6. The fraction of sp³-hybridized carbons (Fsp3) is 0.152. The number of aromatic hydroxyl groups is 3. The van der Waals surface area contributed by atoms with Crippen molar-refractivity contribution in [2.45, 2.75) is 24.9 Å². The van der Waals surface area contributed by atoms with Crippen LogP contribution in [-0.2, 0) is 28.0 Å². The number of nitrogens with one attached hydrogen (secondary N) is 1. The number of ketones is 4. The number of methoxy groups -OCH3 is 1. The molecule has 0 saturated heterocycles. The van der Waals surface area contributed by atoms with E-state index in [0.29, 0.717) is 15.1 Å². The quantitative estimate of drug-likeness (QED) is 0.0966. The maximum atomic E-state index is 14.2. The van der Waals surface area contributed by atoms with Crippen LogP contribution in [0.25, 0.3) is 10.8 Å². The van der Waals surface area contributed by atoms with E-state index < -0.39 is 79.4 Å². The van der Waals surface area contributed by atoms with Crippen molar-refractivity contribution in [3.05, 3.63) is 107 Å². The number of pyridine rings is 1. The first kappa shape index (κ1) is 30.4. The van der Waals surface area contributed by atoms with Gasteiger partial charge in [-0.1, -0.05) is 28.9 Å². The fourth-order valence-electron chi connectivity index (χ4n) is 6.66. The molecule has 47 heavy (non-hydrogen) atoms. The topological polar surface area (TPSA) is 193 Å². The number of fused-ring (bicyclic) bond motifs is 5. The average Bonchev–Trinajstić information content (AvgIpc) is 3.55. The van der Waals surface area contributed by atoms with Crippen LogP contribution in [0.2, 0.25) is 5.02 Å². The fourth-order valence-corrected chi connectivity index (χ4v) is 7.49. The molecule has 236 valence electrons. The van der Waals surface area contributed by atoms with Gasteiger partial charge in [0.1, 0.15) is 29.3 Å². The molecular weight excluding hydrogens is 700 g/mol. The molecule has 0 fully saturated rings. The number of rotatable bonds is 5. The summed E-state index contributed by atoms with van der Waals surface area (Å²) in [5.74, 6) is -6.86. The van der Waals surface area contributed by atoms with Gasteiger partial charge in [-0.05, 0) is 58.1 Å². The molecule has 1 heterocycles. The molecule has 3 aromatic carbocycles. The number of phenols is 3. The zero-order chi connectivity index (χ0) is 33.5. The highest BCUT2D eigenvalue weighted by Crippen LogP contribution is 2.58. The Balaban J connectivity index is 1.33. The maximum Gasteiger partial charge on any atom is 0.260 e. The molecule has 0 amide bonds. The summed E-state index contributed by atoms with van der Waals surface area (Å²) in [4.78, 5) is 75.5. The van der Waals surface area contributed by atoms with Crippen molar-refractivity contribution in [2.75, 3.05) is 7.11 Å². The number of aromatic amines is 1. The Kier molecular flexibility index (Phi) is 6.88. The Hall–Kier alpha value is -5.27. The van der Waals surface area contributed by atoms with Crippen molar-refractivity contribution in [1.29, 1.82) is 0 Å². The highest BCUT2D eigenvalue weighted by molar-refractivity contribution is 9.10. The highest BCUT2D eigenvalue weighted by Gasteiger charge is 2.62. The van der Waals surface area contributed by atoms with Crippen LogP contribution in [0.4, 0.5) is 0 Å². The molecule has 0 bridgehead atoms. The number of oxime groups is 1. The lowest BCUT2D eigenvalue weighted by atomic mass is 9.76. The molecule has 3 aliphatic carbocycles. The van der Waals surface area contributed by atoms with Gasteiger partial charge in [-0.25, -0.2) is 0 Å². The summed E-state index contributed by atoms with van der Waals surface area (Å²) >= 11 is 9.38. The van der Waals surface area contributed by atoms with E-state index in [4.69, 9.17) is 21.2 Å². The molecule has 1 aromatic heterocycles. The minimum Gasteiger partial charge on any atom is -0.507 e. The van der Waals surface area contributed by atoms with Gasteiger partial charge in [0.25, 0.3) is 5.56 Å². The number of phenolic OH excluding ortho intramolecular Hbond substituents is 3. The van der Waals surface area contributed by atoms with Crippen molar-refractivity contribution in [3.63, 3.8) is 0 Å². The Labute approximate surface area is 277 Å². The number of halogens is 2. The highest BCUT2D eigenvalue weighted by atomic mass is 79.9. The number of hydrogen-bond acceptors (Lipinski definition) is 11. The SMILES string of the molecule is COC1=CC(=O)c2c(O)c3c(c(O)c2C1=O)C(=O)[C@]1(CCc2c1c(O)c1c(=O)[nH]c(/C=N/OCc4ccc(Cl)cc4)cc1c2Br)C3=O. The van der Waals surface area contributed by atoms with Crippen LogP contribution in [0.5, 0.6) is 17.2 Å². The summed E-state index contributed by atoms with van der Waals surface area (Å²) in [6, 6.07) is 8.48. The first-order valence-corrected chi connectivity index (χ1v) is 15.2. The zero-order valence-electron chi connectivity index (χ0n) is 24.1. The number of carbonyl (C=O) groups excluding carboxylic acids is 4. The first-order valence-electron chi connectivity index (χ1n) is 14.0. The van der Waals surface area contributed by atoms with Crippen molar-refractivity contribution >= 4 is 67.7 Å². The number of aromatic nitrogens is 1. The van der Waals surface area contributed by atoms with Gasteiger partial charge in [-0.15, -0.1) is 0 Å². The molecule has 0 saturated carbocycles. The predicted octanol–water partition coefficient (Wildman–Crippen LogP) is 4.78. The molecule has 1 atom stereocenters. The molecule has 12 nitrogen and oxygen atoms in total. The summed E-state index contributed by atoms with van der Waals surface area (Å²) in [6.45, 7) is 0.135. The van der Waals surface area contributed by atoms with Crippen LogP contribution in [-0.4, -0.2) is 56.8 Å². The van der Waals surface area contributed by atoms with Crippen LogP contribution in [0.3, 0.4) is 0 Å². The summed E-state index contributed by atoms with van der Waals surface area (Å²) in [5, 5.41) is 38.5. The Morgan fingerprint density at radius 1 is 0.979 bits per heavy atom. The maximum absolute atomic E-state index is 14.2. The first-order chi connectivity index (χ1) is 22.4. The molecule has 4 aromatic rings. The van der Waals surface area contributed by atoms with Crippen molar-refractivity contribution in [3.8, 4) is 17.2 Å². The third-order valence-corrected chi connectivity index (χ3v) is 9.93. The van der Waals surface area contributed by atoms with E-state index >= 15 is 0 Å². The van der Waals surface area contributed by atoms with Gasteiger partial charge < -0.3 is 29.9 Å². The lowest BCUT2D eigenvalue weighted by Gasteiger charge is -2.23. The molecule has 4 N–H and O–H groups in total.